The summed E-state index contributed by atoms with van der Waals surface area (Å²) in [7, 11) is 4.45. The van der Waals surface area contributed by atoms with Crippen LogP contribution in [0.2, 0.25) is 0 Å². The lowest BCUT2D eigenvalue weighted by atomic mass is 10.1. The number of hydrogen-bond acceptors (Lipinski definition) is 7. The van der Waals surface area contributed by atoms with E-state index in [-0.39, 0.29) is 12.3 Å². The van der Waals surface area contributed by atoms with Gasteiger partial charge in [-0.05, 0) is 48.9 Å². The van der Waals surface area contributed by atoms with E-state index < -0.39 is 18.0 Å². The predicted molar refractivity (Wildman–Crippen MR) is 115 cm³/mol. The number of ether oxygens (including phenoxy) is 4. The second-order valence-electron chi connectivity index (χ2n) is 6.59. The van der Waals surface area contributed by atoms with Gasteiger partial charge in [0.1, 0.15) is 0 Å². The molecule has 31 heavy (non-hydrogen) atoms. The molecule has 2 rings (SSSR count). The Labute approximate surface area is 180 Å². The second kappa shape index (κ2) is 10.9. The van der Waals surface area contributed by atoms with Gasteiger partial charge in [-0.25, -0.2) is 0 Å². The van der Waals surface area contributed by atoms with Gasteiger partial charge in [0, 0.05) is 18.3 Å². The van der Waals surface area contributed by atoms with Crippen LogP contribution < -0.4 is 24.8 Å². The molecule has 166 valence electrons. The maximum Gasteiger partial charge on any atom is 0.311 e. The molecule has 0 saturated heterocycles. The van der Waals surface area contributed by atoms with Gasteiger partial charge in [-0.2, -0.15) is 0 Å². The maximum absolute atomic E-state index is 12.3. The molecular formula is C22H26N2O7. The Morgan fingerprint density at radius 1 is 0.871 bits per heavy atom. The van der Waals surface area contributed by atoms with Crippen molar-refractivity contribution in [3.8, 4) is 17.2 Å². The van der Waals surface area contributed by atoms with Gasteiger partial charge in [0.15, 0.2) is 17.6 Å². The summed E-state index contributed by atoms with van der Waals surface area (Å²) in [6, 6.07) is 9.85. The molecule has 0 radical (unpaired) electrons. The average Bonchev–Trinajstić information content (AvgIpc) is 2.73. The van der Waals surface area contributed by atoms with E-state index in [9.17, 15) is 14.4 Å². The van der Waals surface area contributed by atoms with Gasteiger partial charge in [0.05, 0.1) is 27.8 Å². The second-order valence-corrected chi connectivity index (χ2v) is 6.59. The van der Waals surface area contributed by atoms with Crippen LogP contribution in [-0.4, -0.2) is 45.2 Å². The third-order valence-corrected chi connectivity index (χ3v) is 4.22. The normalized spacial score (nSPS) is 11.1. The summed E-state index contributed by atoms with van der Waals surface area (Å²) in [6.45, 7) is 2.89. The zero-order valence-electron chi connectivity index (χ0n) is 18.1. The van der Waals surface area contributed by atoms with Gasteiger partial charge >= 0.3 is 5.97 Å². The molecule has 2 N–H and O–H groups in total. The minimum absolute atomic E-state index is 0.0836. The zero-order valence-corrected chi connectivity index (χ0v) is 18.1. The van der Waals surface area contributed by atoms with E-state index in [0.29, 0.717) is 34.2 Å². The number of carbonyl (C=O) groups excluding carboxylic acids is 3. The van der Waals surface area contributed by atoms with Crippen molar-refractivity contribution in [3.63, 3.8) is 0 Å². The Kier molecular flexibility index (Phi) is 8.25. The van der Waals surface area contributed by atoms with Crippen LogP contribution in [0.1, 0.15) is 19.4 Å². The fourth-order valence-electron chi connectivity index (χ4n) is 2.78. The van der Waals surface area contributed by atoms with Crippen molar-refractivity contribution in [2.45, 2.75) is 26.4 Å². The van der Waals surface area contributed by atoms with Crippen LogP contribution in [0.25, 0.3) is 0 Å². The standard InChI is InChI=1S/C22H26N2O7/c1-13(22(27)24-17-8-6-16(7-9-17)23-14(2)25)31-20(26)12-15-10-18(28-3)21(30-5)19(11-15)29-4/h6-11,13H,12H2,1-5H3,(H,23,25)(H,24,27)/t13-/m0/s1. The van der Waals surface area contributed by atoms with E-state index in [2.05, 4.69) is 10.6 Å². The topological polar surface area (TPSA) is 112 Å². The summed E-state index contributed by atoms with van der Waals surface area (Å²) in [4.78, 5) is 35.7. The molecule has 0 unspecified atom stereocenters. The fraction of sp³-hybridized carbons (Fsp3) is 0.318. The molecule has 0 aromatic heterocycles. The molecule has 0 saturated carbocycles. The minimum Gasteiger partial charge on any atom is -0.493 e. The molecule has 0 aliphatic carbocycles. The highest BCUT2D eigenvalue weighted by atomic mass is 16.5. The highest BCUT2D eigenvalue weighted by Crippen LogP contribution is 2.38. The Bertz CT molecular complexity index is 916. The molecule has 0 bridgehead atoms. The van der Waals surface area contributed by atoms with Crippen LogP contribution in [0.5, 0.6) is 17.2 Å². The van der Waals surface area contributed by atoms with Crippen LogP contribution in [0.15, 0.2) is 36.4 Å². The van der Waals surface area contributed by atoms with E-state index in [0.717, 1.165) is 0 Å². The maximum atomic E-state index is 12.3. The highest BCUT2D eigenvalue weighted by molar-refractivity contribution is 5.95. The summed E-state index contributed by atoms with van der Waals surface area (Å²) >= 11 is 0. The lowest BCUT2D eigenvalue weighted by Crippen LogP contribution is -2.30. The van der Waals surface area contributed by atoms with E-state index >= 15 is 0 Å². The number of benzene rings is 2. The van der Waals surface area contributed by atoms with Crippen LogP contribution >= 0.6 is 0 Å². The number of amides is 2. The summed E-state index contributed by atoms with van der Waals surface area (Å²) < 4.78 is 21.0. The van der Waals surface area contributed by atoms with Gasteiger partial charge in [0.2, 0.25) is 11.7 Å². The van der Waals surface area contributed by atoms with Crippen LogP contribution in [0, 0.1) is 0 Å². The lowest BCUT2D eigenvalue weighted by Gasteiger charge is -2.16. The molecule has 0 heterocycles. The number of methoxy groups -OCH3 is 3. The Morgan fingerprint density at radius 3 is 1.84 bits per heavy atom. The van der Waals surface area contributed by atoms with Gasteiger partial charge in [0.25, 0.3) is 5.91 Å². The number of hydrogen-bond donors (Lipinski definition) is 2. The molecule has 0 fully saturated rings. The first-order chi connectivity index (χ1) is 14.8. The van der Waals surface area contributed by atoms with Crippen LogP contribution in [0.3, 0.4) is 0 Å². The first-order valence-corrected chi connectivity index (χ1v) is 9.44. The Hall–Kier alpha value is -3.75. The van der Waals surface area contributed by atoms with Crippen molar-refractivity contribution in [2.75, 3.05) is 32.0 Å². The molecule has 9 heteroatoms. The molecule has 2 aromatic carbocycles. The van der Waals surface area contributed by atoms with E-state index in [1.54, 1.807) is 36.4 Å². The van der Waals surface area contributed by atoms with Gasteiger partial charge in [-0.1, -0.05) is 0 Å². The third-order valence-electron chi connectivity index (χ3n) is 4.22. The zero-order chi connectivity index (χ0) is 23.0. The van der Waals surface area contributed by atoms with Gasteiger partial charge < -0.3 is 29.6 Å². The van der Waals surface area contributed by atoms with Gasteiger partial charge in [-0.3, -0.25) is 14.4 Å². The summed E-state index contributed by atoms with van der Waals surface area (Å²) in [6.07, 6.45) is -1.09. The smallest absolute Gasteiger partial charge is 0.311 e. The largest absolute Gasteiger partial charge is 0.493 e. The first-order valence-electron chi connectivity index (χ1n) is 9.44. The Morgan fingerprint density at radius 2 is 1.39 bits per heavy atom. The van der Waals surface area contributed by atoms with Crippen molar-refractivity contribution in [2.24, 2.45) is 0 Å². The van der Waals surface area contributed by atoms with Crippen molar-refractivity contribution in [1.29, 1.82) is 0 Å². The highest BCUT2D eigenvalue weighted by Gasteiger charge is 2.20. The van der Waals surface area contributed by atoms with Crippen molar-refractivity contribution in [1.82, 2.24) is 0 Å². The molecule has 2 aromatic rings. The number of nitrogens with one attached hydrogen (secondary N) is 2. The minimum atomic E-state index is -1.01. The number of esters is 1. The quantitative estimate of drug-likeness (QED) is 0.588. The van der Waals surface area contributed by atoms with E-state index in [1.807, 2.05) is 0 Å². The first kappa shape index (κ1) is 23.5. The summed E-state index contributed by atoms with van der Waals surface area (Å²) in [5, 5.41) is 5.29. The third kappa shape index (κ3) is 6.63. The van der Waals surface area contributed by atoms with Crippen molar-refractivity contribution < 1.29 is 33.3 Å². The fourth-order valence-corrected chi connectivity index (χ4v) is 2.78. The lowest BCUT2D eigenvalue weighted by molar-refractivity contribution is -0.152. The molecule has 9 nitrogen and oxygen atoms in total. The van der Waals surface area contributed by atoms with E-state index in [1.165, 1.54) is 35.2 Å². The predicted octanol–water partition coefficient (Wildman–Crippen LogP) is 2.78. The molecule has 2 amide bonds. The summed E-state index contributed by atoms with van der Waals surface area (Å²) in [5.41, 5.74) is 1.70. The van der Waals surface area contributed by atoms with Gasteiger partial charge in [-0.15, -0.1) is 0 Å². The molecule has 0 aliphatic heterocycles. The molecular weight excluding hydrogens is 404 g/mol. The van der Waals surface area contributed by atoms with Crippen molar-refractivity contribution >= 4 is 29.2 Å². The van der Waals surface area contributed by atoms with E-state index in [4.69, 9.17) is 18.9 Å². The Balaban J connectivity index is 1.97. The SMILES string of the molecule is COc1cc(CC(=O)O[C@@H](C)C(=O)Nc2ccc(NC(C)=O)cc2)cc(OC)c1OC. The molecule has 0 spiro atoms. The molecule has 1 atom stereocenters. The number of rotatable bonds is 9. The molecule has 0 aliphatic rings. The van der Waals surface area contributed by atoms with Crippen molar-refractivity contribution in [3.05, 3.63) is 42.0 Å². The van der Waals surface area contributed by atoms with Crippen LogP contribution in [0.4, 0.5) is 11.4 Å². The number of carbonyl (C=O) groups is 3. The van der Waals surface area contributed by atoms with Crippen LogP contribution in [-0.2, 0) is 25.5 Å². The monoisotopic (exact) mass is 430 g/mol. The average molecular weight is 430 g/mol. The number of anilines is 2. The summed E-state index contributed by atoms with van der Waals surface area (Å²) in [5.74, 6) is -0.0106.